The predicted octanol–water partition coefficient (Wildman–Crippen LogP) is 5.35. The van der Waals surface area contributed by atoms with E-state index < -0.39 is 10.8 Å². The molecule has 2 aromatic carbocycles. The second-order valence-corrected chi connectivity index (χ2v) is 7.40. The Morgan fingerprint density at radius 1 is 1.22 bits per heavy atom. The number of nitrogens with zero attached hydrogens (tertiary/aromatic N) is 1. The van der Waals surface area contributed by atoms with E-state index in [2.05, 4.69) is 10.6 Å². The lowest BCUT2D eigenvalue weighted by Gasteiger charge is -2.09. The first-order valence-corrected chi connectivity index (χ1v) is 10.0. The van der Waals surface area contributed by atoms with Crippen LogP contribution in [0.5, 0.6) is 5.75 Å². The zero-order chi connectivity index (χ0) is 23.3. The fourth-order valence-electron chi connectivity index (χ4n) is 2.73. The molecule has 0 saturated heterocycles. The molecule has 0 spiro atoms. The van der Waals surface area contributed by atoms with E-state index >= 15 is 0 Å². The molecule has 1 aromatic heterocycles. The zero-order valence-corrected chi connectivity index (χ0v) is 18.6. The number of carbonyl (C=O) groups excluding carboxylic acids is 1. The molecular weight excluding hydrogens is 454 g/mol. The molecule has 1 heterocycles. The number of nitro benzene ring substituents is 1. The van der Waals surface area contributed by atoms with Crippen molar-refractivity contribution in [2.45, 2.75) is 6.92 Å². The Balaban J connectivity index is 1.60. The number of rotatable bonds is 6. The van der Waals surface area contributed by atoms with Gasteiger partial charge in [0.05, 0.1) is 12.0 Å². The molecule has 3 rings (SSSR count). The minimum atomic E-state index is -0.573. The van der Waals surface area contributed by atoms with Crippen LogP contribution in [0.2, 0.25) is 5.02 Å². The molecule has 0 unspecified atom stereocenters. The Hall–Kier alpha value is -3.69. The van der Waals surface area contributed by atoms with Gasteiger partial charge in [0.2, 0.25) is 5.91 Å². The van der Waals surface area contributed by atoms with E-state index in [1.807, 2.05) is 25.1 Å². The van der Waals surface area contributed by atoms with Crippen LogP contribution in [0.25, 0.3) is 17.4 Å². The van der Waals surface area contributed by atoms with Crippen LogP contribution in [0, 0.1) is 17.0 Å². The number of aryl methyl sites for hydroxylation is 1. The largest absolute Gasteiger partial charge is 0.490 e. The molecule has 164 valence electrons. The van der Waals surface area contributed by atoms with E-state index in [9.17, 15) is 14.9 Å². The molecule has 0 saturated carbocycles. The van der Waals surface area contributed by atoms with Crippen molar-refractivity contribution in [2.24, 2.45) is 0 Å². The van der Waals surface area contributed by atoms with Gasteiger partial charge in [-0.1, -0.05) is 23.7 Å². The maximum absolute atomic E-state index is 12.1. The van der Waals surface area contributed by atoms with Crippen LogP contribution < -0.4 is 15.4 Å². The highest BCUT2D eigenvalue weighted by molar-refractivity contribution is 7.80. The summed E-state index contributed by atoms with van der Waals surface area (Å²) in [6, 6.07) is 13.3. The average molecular weight is 472 g/mol. The monoisotopic (exact) mass is 471 g/mol. The summed E-state index contributed by atoms with van der Waals surface area (Å²) in [5, 5.41) is 16.9. The molecule has 0 aliphatic rings. The van der Waals surface area contributed by atoms with Gasteiger partial charge in [-0.25, -0.2) is 0 Å². The summed E-state index contributed by atoms with van der Waals surface area (Å²) in [5.74, 6) is 0.702. The number of carbonyl (C=O) groups is 1. The summed E-state index contributed by atoms with van der Waals surface area (Å²) in [6.45, 7) is 1.91. The molecule has 0 aliphatic carbocycles. The smallest absolute Gasteiger partial charge is 0.312 e. The van der Waals surface area contributed by atoms with Crippen molar-refractivity contribution in [2.75, 3.05) is 12.4 Å². The normalized spacial score (nSPS) is 10.7. The molecule has 0 aliphatic heterocycles. The lowest BCUT2D eigenvalue weighted by molar-refractivity contribution is -0.385. The third kappa shape index (κ3) is 5.71. The van der Waals surface area contributed by atoms with Crippen molar-refractivity contribution in [3.8, 4) is 17.1 Å². The quantitative estimate of drug-likeness (QED) is 0.216. The third-order valence-corrected chi connectivity index (χ3v) is 4.96. The number of hydrogen-bond donors (Lipinski definition) is 2. The van der Waals surface area contributed by atoms with Crippen LogP contribution in [-0.2, 0) is 4.79 Å². The standard InChI is InChI=1S/C22H18ClN3O5S/c1-13-3-4-14(11-17(13)23)19-9-6-16(31-19)7-10-21(27)25-22(32)24-15-5-8-20(30-2)18(12-15)26(28)29/h3-12H,1-2H3,(H2,24,25,27,32)/b10-7+. The van der Waals surface area contributed by atoms with Gasteiger partial charge in [0.25, 0.3) is 0 Å². The highest BCUT2D eigenvalue weighted by atomic mass is 35.5. The van der Waals surface area contributed by atoms with Gasteiger partial charge < -0.3 is 14.5 Å². The maximum Gasteiger partial charge on any atom is 0.312 e. The van der Waals surface area contributed by atoms with E-state index in [0.717, 1.165) is 11.1 Å². The SMILES string of the molecule is COc1ccc(NC(=S)NC(=O)/C=C/c2ccc(-c3ccc(C)c(Cl)c3)o2)cc1[N+](=O)[O-]. The minimum Gasteiger partial charge on any atom is -0.490 e. The van der Waals surface area contributed by atoms with Crippen molar-refractivity contribution in [3.63, 3.8) is 0 Å². The first-order chi connectivity index (χ1) is 15.3. The minimum absolute atomic E-state index is 0.0199. The number of anilines is 1. The van der Waals surface area contributed by atoms with Crippen LogP contribution in [0.15, 0.2) is 59.0 Å². The second kappa shape index (κ2) is 10.1. The summed E-state index contributed by atoms with van der Waals surface area (Å²) < 4.78 is 10.7. The first kappa shape index (κ1) is 23.0. The number of thiocarbonyl (C=S) groups is 1. The molecule has 32 heavy (non-hydrogen) atoms. The highest BCUT2D eigenvalue weighted by Gasteiger charge is 2.15. The Kier molecular flexibility index (Phi) is 7.24. The number of hydrogen-bond acceptors (Lipinski definition) is 6. The number of nitro groups is 1. The fraction of sp³-hybridized carbons (Fsp3) is 0.0909. The van der Waals surface area contributed by atoms with Gasteiger partial charge in [0, 0.05) is 28.4 Å². The van der Waals surface area contributed by atoms with Crippen LogP contribution in [0.4, 0.5) is 11.4 Å². The molecule has 8 nitrogen and oxygen atoms in total. The average Bonchev–Trinajstić information content (AvgIpc) is 3.23. The molecule has 0 bridgehead atoms. The third-order valence-electron chi connectivity index (χ3n) is 4.35. The maximum atomic E-state index is 12.1. The molecule has 3 aromatic rings. The van der Waals surface area contributed by atoms with Gasteiger partial charge >= 0.3 is 5.69 Å². The number of amides is 1. The van der Waals surface area contributed by atoms with Crippen molar-refractivity contribution < 1.29 is 18.9 Å². The zero-order valence-electron chi connectivity index (χ0n) is 17.0. The molecule has 0 atom stereocenters. The topological polar surface area (TPSA) is 107 Å². The summed E-state index contributed by atoms with van der Waals surface area (Å²) in [5.41, 5.74) is 1.89. The molecule has 1 amide bonds. The van der Waals surface area contributed by atoms with E-state index in [0.29, 0.717) is 22.2 Å². The number of nitrogens with one attached hydrogen (secondary N) is 2. The van der Waals surface area contributed by atoms with Gasteiger partial charge in [-0.3, -0.25) is 20.2 Å². The van der Waals surface area contributed by atoms with Gasteiger partial charge in [0.15, 0.2) is 10.9 Å². The molecule has 2 N–H and O–H groups in total. The van der Waals surface area contributed by atoms with Crippen molar-refractivity contribution >= 4 is 52.3 Å². The summed E-state index contributed by atoms with van der Waals surface area (Å²) in [6.07, 6.45) is 2.75. The number of methoxy groups -OCH3 is 1. The Morgan fingerprint density at radius 3 is 2.69 bits per heavy atom. The van der Waals surface area contributed by atoms with Gasteiger partial charge in [-0.05, 0) is 61.1 Å². The Labute approximate surface area is 194 Å². The van der Waals surface area contributed by atoms with Crippen LogP contribution in [0.3, 0.4) is 0 Å². The summed E-state index contributed by atoms with van der Waals surface area (Å²) in [7, 11) is 1.34. The first-order valence-electron chi connectivity index (χ1n) is 9.25. The fourth-order valence-corrected chi connectivity index (χ4v) is 3.13. The van der Waals surface area contributed by atoms with Gasteiger partial charge in [-0.15, -0.1) is 0 Å². The molecular formula is C22H18ClN3O5S. The predicted molar refractivity (Wildman–Crippen MR) is 127 cm³/mol. The van der Waals surface area contributed by atoms with Crippen LogP contribution in [0.1, 0.15) is 11.3 Å². The van der Waals surface area contributed by atoms with Crippen molar-refractivity contribution in [1.82, 2.24) is 5.32 Å². The molecule has 10 heteroatoms. The molecule has 0 fully saturated rings. The van der Waals surface area contributed by atoms with Crippen LogP contribution >= 0.6 is 23.8 Å². The number of benzene rings is 2. The highest BCUT2D eigenvalue weighted by Crippen LogP contribution is 2.30. The van der Waals surface area contributed by atoms with Crippen LogP contribution in [-0.4, -0.2) is 23.1 Å². The van der Waals surface area contributed by atoms with E-state index in [1.54, 1.807) is 18.2 Å². The van der Waals surface area contributed by atoms with E-state index in [1.165, 1.54) is 31.4 Å². The number of halogens is 1. The van der Waals surface area contributed by atoms with Crippen molar-refractivity contribution in [1.29, 1.82) is 0 Å². The van der Waals surface area contributed by atoms with E-state index in [-0.39, 0.29) is 16.5 Å². The number of ether oxygens (including phenoxy) is 1. The number of furan rings is 1. The summed E-state index contributed by atoms with van der Waals surface area (Å²) in [4.78, 5) is 22.7. The van der Waals surface area contributed by atoms with E-state index in [4.69, 9.17) is 33.0 Å². The molecule has 0 radical (unpaired) electrons. The Morgan fingerprint density at radius 2 is 2.00 bits per heavy atom. The van der Waals surface area contributed by atoms with Crippen molar-refractivity contribution in [3.05, 3.63) is 81.1 Å². The Bertz CT molecular complexity index is 1220. The second-order valence-electron chi connectivity index (χ2n) is 6.59. The van der Waals surface area contributed by atoms with Gasteiger partial charge in [-0.2, -0.15) is 0 Å². The summed E-state index contributed by atoms with van der Waals surface area (Å²) >= 11 is 11.2. The lowest BCUT2D eigenvalue weighted by atomic mass is 10.1. The lowest BCUT2D eigenvalue weighted by Crippen LogP contribution is -2.32. The van der Waals surface area contributed by atoms with Gasteiger partial charge in [0.1, 0.15) is 11.5 Å².